The van der Waals surface area contributed by atoms with Crippen LogP contribution < -0.4 is 9.64 Å². The number of halogens is 2. The monoisotopic (exact) mass is 669 g/mol. The fourth-order valence-electron chi connectivity index (χ4n) is 7.11. The Labute approximate surface area is 285 Å². The molecule has 2 heterocycles. The number of aryl methyl sites for hydroxylation is 1. The maximum atomic E-state index is 13.4. The summed E-state index contributed by atoms with van der Waals surface area (Å²) in [5.41, 5.74) is 4.47. The molecule has 7 nitrogen and oxygen atoms in total. The van der Waals surface area contributed by atoms with Crippen LogP contribution in [-0.4, -0.2) is 92.6 Å². The van der Waals surface area contributed by atoms with Crippen LogP contribution in [0.15, 0.2) is 48.6 Å². The number of fused-ring (bicyclic) bond motifs is 1. The van der Waals surface area contributed by atoms with Crippen LogP contribution in [-0.2, 0) is 16.0 Å². The lowest BCUT2D eigenvalue weighted by Crippen LogP contribution is -2.50. The maximum absolute atomic E-state index is 13.4. The van der Waals surface area contributed by atoms with Crippen molar-refractivity contribution in [2.75, 3.05) is 64.4 Å². The molecule has 1 saturated carbocycles. The van der Waals surface area contributed by atoms with Crippen molar-refractivity contribution in [3.05, 3.63) is 70.3 Å². The van der Waals surface area contributed by atoms with Crippen molar-refractivity contribution >= 4 is 23.2 Å². The molecular weight excluding hydrogens is 617 g/mol. The van der Waals surface area contributed by atoms with E-state index in [2.05, 4.69) is 47.1 Å². The number of rotatable bonds is 15. The van der Waals surface area contributed by atoms with E-state index in [1.54, 1.807) is 18.7 Å². The number of anilines is 1. The van der Waals surface area contributed by atoms with Gasteiger partial charge in [0, 0.05) is 64.2 Å². The quantitative estimate of drug-likeness (QED) is 0.210. The van der Waals surface area contributed by atoms with Gasteiger partial charge >= 0.3 is 0 Å². The highest BCUT2D eigenvalue weighted by molar-refractivity contribution is 6.30. The van der Waals surface area contributed by atoms with Gasteiger partial charge in [-0.2, -0.15) is 0 Å². The summed E-state index contributed by atoms with van der Waals surface area (Å²) >= 11 is 6.44. The molecule has 1 amide bonds. The second-order valence-electron chi connectivity index (χ2n) is 13.8. The number of aliphatic hydroxyl groups is 1. The molecule has 2 fully saturated rings. The number of ether oxygens (including phenoxy) is 2. The van der Waals surface area contributed by atoms with E-state index >= 15 is 0 Å². The number of aliphatic hydroxyl groups excluding tert-OH is 1. The molecule has 0 bridgehead atoms. The topological polar surface area (TPSA) is 65.5 Å². The fourth-order valence-corrected chi connectivity index (χ4v) is 7.31. The average Bonchev–Trinajstić information content (AvgIpc) is 3.19. The first kappa shape index (κ1) is 35.7. The summed E-state index contributed by atoms with van der Waals surface area (Å²) in [5, 5.41) is 11.2. The molecule has 2 aliphatic heterocycles. The lowest BCUT2D eigenvalue weighted by atomic mass is 9.70. The number of benzene rings is 2. The number of carbonyl (C=O) groups excluding carboxylic acids is 1. The molecule has 5 unspecified atom stereocenters. The van der Waals surface area contributed by atoms with Crippen molar-refractivity contribution in [1.29, 1.82) is 0 Å². The van der Waals surface area contributed by atoms with Crippen LogP contribution in [0.2, 0.25) is 5.02 Å². The molecule has 258 valence electrons. The molecule has 5 rings (SSSR count). The molecule has 47 heavy (non-hydrogen) atoms. The van der Waals surface area contributed by atoms with Gasteiger partial charge in [0.25, 0.3) is 0 Å². The molecule has 0 spiro atoms. The smallest absolute Gasteiger partial charge is 0.219 e. The van der Waals surface area contributed by atoms with Crippen molar-refractivity contribution < 1.29 is 23.8 Å². The molecule has 0 radical (unpaired) electrons. The summed E-state index contributed by atoms with van der Waals surface area (Å²) in [6, 6.07) is 12.3. The normalized spacial score (nSPS) is 23.0. The van der Waals surface area contributed by atoms with Crippen LogP contribution in [0.3, 0.4) is 0 Å². The fraction of sp³-hybridized carbons (Fsp3) is 0.605. The SMILES string of the molecule is CCCc1cc(Cl)ccc1C1COc2ccc(C(C)O)cc2N(CC2CCC2C(/C=C/CCN(C)C(C)=O)OCCN2CC(F)C2)C1. The minimum absolute atomic E-state index is 0.0476. The van der Waals surface area contributed by atoms with E-state index < -0.39 is 12.3 Å². The third-order valence-electron chi connectivity index (χ3n) is 10.2. The van der Waals surface area contributed by atoms with E-state index in [9.17, 15) is 14.3 Å². The summed E-state index contributed by atoms with van der Waals surface area (Å²) in [7, 11) is 1.82. The zero-order chi connectivity index (χ0) is 33.5. The highest BCUT2D eigenvalue weighted by atomic mass is 35.5. The first-order valence-corrected chi connectivity index (χ1v) is 17.8. The largest absolute Gasteiger partial charge is 0.491 e. The summed E-state index contributed by atoms with van der Waals surface area (Å²) in [4.78, 5) is 18.0. The Hall–Kier alpha value is -2.65. The Balaban J connectivity index is 1.36. The molecule has 3 aliphatic rings. The third-order valence-corrected chi connectivity index (χ3v) is 10.5. The van der Waals surface area contributed by atoms with Crippen molar-refractivity contribution in [3.63, 3.8) is 0 Å². The number of hydrogen-bond acceptors (Lipinski definition) is 6. The van der Waals surface area contributed by atoms with Crippen LogP contribution in [0.5, 0.6) is 5.75 Å². The van der Waals surface area contributed by atoms with Crippen LogP contribution in [0, 0.1) is 11.8 Å². The number of nitrogens with zero attached hydrogens (tertiary/aromatic N) is 3. The number of hydrogen-bond donors (Lipinski definition) is 1. The highest BCUT2D eigenvalue weighted by Crippen LogP contribution is 2.43. The maximum Gasteiger partial charge on any atom is 0.219 e. The second-order valence-corrected chi connectivity index (χ2v) is 14.2. The lowest BCUT2D eigenvalue weighted by Gasteiger charge is -2.44. The van der Waals surface area contributed by atoms with Crippen molar-refractivity contribution in [2.24, 2.45) is 11.8 Å². The van der Waals surface area contributed by atoms with Gasteiger partial charge < -0.3 is 24.4 Å². The molecular formula is C38H53ClFN3O4. The Bertz CT molecular complexity index is 1370. The molecule has 2 aromatic carbocycles. The Kier molecular flexibility index (Phi) is 12.6. The van der Waals surface area contributed by atoms with Crippen LogP contribution in [0.25, 0.3) is 0 Å². The first-order chi connectivity index (χ1) is 22.6. The molecule has 1 aliphatic carbocycles. The minimum atomic E-state index is -0.718. The summed E-state index contributed by atoms with van der Waals surface area (Å²) in [6.07, 6.45) is 7.96. The van der Waals surface area contributed by atoms with Gasteiger partial charge in [0.2, 0.25) is 5.91 Å². The van der Waals surface area contributed by atoms with Gasteiger partial charge in [0.05, 0.1) is 31.1 Å². The Morgan fingerprint density at radius 1 is 1.21 bits per heavy atom. The van der Waals surface area contributed by atoms with E-state index in [0.29, 0.717) is 44.7 Å². The van der Waals surface area contributed by atoms with Crippen LogP contribution in [0.4, 0.5) is 10.1 Å². The van der Waals surface area contributed by atoms with E-state index in [1.165, 1.54) is 11.1 Å². The van der Waals surface area contributed by atoms with E-state index in [-0.39, 0.29) is 17.9 Å². The molecule has 0 aromatic heterocycles. The predicted molar refractivity (Wildman–Crippen MR) is 187 cm³/mol. The van der Waals surface area contributed by atoms with Gasteiger partial charge in [0.15, 0.2) is 0 Å². The van der Waals surface area contributed by atoms with E-state index in [1.807, 2.05) is 25.2 Å². The van der Waals surface area contributed by atoms with Crippen molar-refractivity contribution in [2.45, 2.75) is 77.2 Å². The molecule has 9 heteroatoms. The Morgan fingerprint density at radius 3 is 2.70 bits per heavy atom. The highest BCUT2D eigenvalue weighted by Gasteiger charge is 2.39. The zero-order valence-electron chi connectivity index (χ0n) is 28.5. The summed E-state index contributed by atoms with van der Waals surface area (Å²) in [5.74, 6) is 1.83. The van der Waals surface area contributed by atoms with Gasteiger partial charge in [-0.1, -0.05) is 49.2 Å². The number of alkyl halides is 1. The van der Waals surface area contributed by atoms with Crippen molar-refractivity contribution in [1.82, 2.24) is 9.80 Å². The number of likely N-dealkylation sites (tertiary alicyclic amines) is 1. The van der Waals surface area contributed by atoms with E-state index in [0.717, 1.165) is 73.8 Å². The Morgan fingerprint density at radius 2 is 2.02 bits per heavy atom. The molecule has 1 N–H and O–H groups in total. The second kappa shape index (κ2) is 16.6. The van der Waals surface area contributed by atoms with E-state index in [4.69, 9.17) is 21.1 Å². The average molecular weight is 670 g/mol. The third kappa shape index (κ3) is 9.28. The number of carbonyl (C=O) groups is 1. The standard InChI is InChI=1S/C38H53ClFN3O4/c1-5-8-29-19-32(39)12-14-34(29)31-22-43(36-20-28(26(2)44)11-15-38(36)47-25-31)21-30-10-13-35(30)37(9-6-7-16-41(4)27(3)45)46-18-17-42-23-33(40)24-42/h6,9,11-12,14-15,19-20,26,30-31,33,35,37,44H,5,7-8,10,13,16-18,21-25H2,1-4H3/b9-6+. The van der Waals surface area contributed by atoms with Crippen molar-refractivity contribution in [3.8, 4) is 5.75 Å². The minimum Gasteiger partial charge on any atom is -0.491 e. The van der Waals surface area contributed by atoms with Gasteiger partial charge in [-0.25, -0.2) is 4.39 Å². The number of amides is 1. The van der Waals surface area contributed by atoms with Crippen LogP contribution >= 0.6 is 11.6 Å². The lowest BCUT2D eigenvalue weighted by molar-refractivity contribution is -0.127. The molecule has 2 aromatic rings. The van der Waals surface area contributed by atoms with Gasteiger partial charge in [0.1, 0.15) is 11.9 Å². The van der Waals surface area contributed by atoms with Gasteiger partial charge in [-0.3, -0.25) is 9.69 Å². The predicted octanol–water partition coefficient (Wildman–Crippen LogP) is 6.82. The molecule has 1 saturated heterocycles. The summed E-state index contributed by atoms with van der Waals surface area (Å²) in [6.45, 7) is 10.8. The first-order valence-electron chi connectivity index (χ1n) is 17.5. The zero-order valence-corrected chi connectivity index (χ0v) is 29.3. The summed E-state index contributed by atoms with van der Waals surface area (Å²) < 4.78 is 26.4. The van der Waals surface area contributed by atoms with Gasteiger partial charge in [-0.05, 0) is 85.4 Å². The molecule has 5 atom stereocenters. The van der Waals surface area contributed by atoms with Crippen LogP contribution in [0.1, 0.15) is 75.2 Å². The van der Waals surface area contributed by atoms with Gasteiger partial charge in [-0.15, -0.1) is 0 Å².